The summed E-state index contributed by atoms with van der Waals surface area (Å²) in [4.78, 5) is 4.12. The van der Waals surface area contributed by atoms with Crippen molar-refractivity contribution in [1.82, 2.24) is 4.98 Å². The van der Waals surface area contributed by atoms with E-state index >= 15 is 0 Å². The van der Waals surface area contributed by atoms with Gasteiger partial charge in [-0.2, -0.15) is 0 Å². The van der Waals surface area contributed by atoms with Gasteiger partial charge in [-0.25, -0.2) is 0 Å². The van der Waals surface area contributed by atoms with Crippen LogP contribution in [-0.4, -0.2) is 10.9 Å². The van der Waals surface area contributed by atoms with Gasteiger partial charge in [0.1, 0.15) is 0 Å². The molecule has 0 unspecified atom stereocenters. The molecular weight excluding hydrogens is 146 g/mol. The van der Waals surface area contributed by atoms with Crippen LogP contribution in [0.1, 0.15) is 11.3 Å². The van der Waals surface area contributed by atoms with E-state index in [1.54, 1.807) is 6.20 Å². The second-order valence-electron chi connectivity index (χ2n) is 2.10. The molecule has 53 valence electrons. The van der Waals surface area contributed by atoms with Crippen molar-refractivity contribution in [2.45, 2.75) is 6.42 Å². The number of rotatable bonds is 2. The smallest absolute Gasteiger partial charge is 0.0415 e. The summed E-state index contributed by atoms with van der Waals surface area (Å²) in [5, 5.41) is 0. The van der Waals surface area contributed by atoms with Crippen molar-refractivity contribution in [2.75, 3.05) is 5.88 Å². The molecule has 0 N–H and O–H groups in total. The number of hydrogen-bond donors (Lipinski definition) is 0. The van der Waals surface area contributed by atoms with Crippen LogP contribution in [0.25, 0.3) is 0 Å². The van der Waals surface area contributed by atoms with E-state index in [2.05, 4.69) is 11.9 Å². The first-order valence-corrected chi connectivity index (χ1v) is 3.69. The maximum Gasteiger partial charge on any atom is 0.0415 e. The predicted molar refractivity (Wildman–Crippen MR) is 43.1 cm³/mol. The van der Waals surface area contributed by atoms with E-state index in [0.717, 1.165) is 17.7 Å². The van der Waals surface area contributed by atoms with Gasteiger partial charge in [0.15, 0.2) is 0 Å². The lowest BCUT2D eigenvalue weighted by Crippen LogP contribution is -1.89. The first-order chi connectivity index (χ1) is 4.83. The van der Waals surface area contributed by atoms with Crippen LogP contribution < -0.4 is 0 Å². The minimum atomic E-state index is 0.628. The molecule has 0 fully saturated rings. The molecule has 0 saturated heterocycles. The van der Waals surface area contributed by atoms with E-state index in [0.29, 0.717) is 5.88 Å². The fourth-order valence-corrected chi connectivity index (χ4v) is 0.893. The number of pyridine rings is 1. The van der Waals surface area contributed by atoms with Gasteiger partial charge < -0.3 is 0 Å². The van der Waals surface area contributed by atoms with Crippen molar-refractivity contribution >= 4 is 11.6 Å². The predicted octanol–water partition coefficient (Wildman–Crippen LogP) is 2.05. The standard InChI is InChI=1S/C8H9ClN/c1-7-2-3-8(4-5-9)10-6-7/h2-3,6H,1,4-5H2. The average molecular weight is 155 g/mol. The summed E-state index contributed by atoms with van der Waals surface area (Å²) in [6.07, 6.45) is 2.59. The number of aromatic nitrogens is 1. The van der Waals surface area contributed by atoms with Gasteiger partial charge in [0, 0.05) is 24.2 Å². The number of nitrogens with zero attached hydrogens (tertiary/aromatic N) is 1. The molecule has 1 nitrogen and oxygen atoms in total. The van der Waals surface area contributed by atoms with E-state index in [1.807, 2.05) is 12.1 Å². The topological polar surface area (TPSA) is 12.9 Å². The van der Waals surface area contributed by atoms with E-state index in [-0.39, 0.29) is 0 Å². The molecular formula is C8H9ClN. The van der Waals surface area contributed by atoms with Crippen LogP contribution in [0.15, 0.2) is 18.3 Å². The monoisotopic (exact) mass is 154 g/mol. The summed E-state index contributed by atoms with van der Waals surface area (Å²) in [5.41, 5.74) is 1.97. The zero-order chi connectivity index (χ0) is 7.40. The Kier molecular flexibility index (Phi) is 2.69. The largest absolute Gasteiger partial charge is 0.261 e. The zero-order valence-electron chi connectivity index (χ0n) is 5.68. The Morgan fingerprint density at radius 1 is 1.50 bits per heavy atom. The van der Waals surface area contributed by atoms with Crippen LogP contribution >= 0.6 is 11.6 Å². The van der Waals surface area contributed by atoms with Gasteiger partial charge in [0.25, 0.3) is 0 Å². The molecule has 0 aromatic carbocycles. The Labute approximate surface area is 66.0 Å². The third-order valence-electron chi connectivity index (χ3n) is 1.24. The van der Waals surface area contributed by atoms with Gasteiger partial charge in [-0.3, -0.25) is 4.98 Å². The molecule has 1 radical (unpaired) electrons. The van der Waals surface area contributed by atoms with Crippen LogP contribution in [0.2, 0.25) is 0 Å². The lowest BCUT2D eigenvalue weighted by atomic mass is 10.2. The summed E-state index contributed by atoms with van der Waals surface area (Å²) in [6.45, 7) is 3.73. The molecule has 1 aromatic rings. The van der Waals surface area contributed by atoms with Crippen LogP contribution in [0.3, 0.4) is 0 Å². The van der Waals surface area contributed by atoms with Crippen LogP contribution in [0.4, 0.5) is 0 Å². The zero-order valence-corrected chi connectivity index (χ0v) is 6.43. The molecule has 0 aliphatic rings. The Bertz CT molecular complexity index is 193. The molecule has 0 aliphatic heterocycles. The molecule has 1 rings (SSSR count). The van der Waals surface area contributed by atoms with Crippen molar-refractivity contribution in [3.05, 3.63) is 36.5 Å². The lowest BCUT2D eigenvalue weighted by molar-refractivity contribution is 1.04. The minimum Gasteiger partial charge on any atom is -0.261 e. The Morgan fingerprint density at radius 2 is 2.30 bits per heavy atom. The van der Waals surface area contributed by atoms with Crippen LogP contribution in [0, 0.1) is 6.92 Å². The summed E-state index contributed by atoms with van der Waals surface area (Å²) in [6, 6.07) is 3.89. The molecule has 0 saturated carbocycles. The summed E-state index contributed by atoms with van der Waals surface area (Å²) < 4.78 is 0. The molecule has 1 heterocycles. The van der Waals surface area contributed by atoms with Gasteiger partial charge >= 0.3 is 0 Å². The third kappa shape index (κ3) is 1.99. The molecule has 0 atom stereocenters. The first kappa shape index (κ1) is 7.55. The van der Waals surface area contributed by atoms with E-state index in [9.17, 15) is 0 Å². The Morgan fingerprint density at radius 3 is 2.80 bits per heavy atom. The quantitative estimate of drug-likeness (QED) is 0.595. The second kappa shape index (κ2) is 3.57. The van der Waals surface area contributed by atoms with Gasteiger partial charge in [-0.15, -0.1) is 11.6 Å². The molecule has 1 aromatic heterocycles. The lowest BCUT2D eigenvalue weighted by Gasteiger charge is -1.95. The summed E-state index contributed by atoms with van der Waals surface area (Å²) in [7, 11) is 0. The highest BCUT2D eigenvalue weighted by atomic mass is 35.5. The van der Waals surface area contributed by atoms with E-state index < -0.39 is 0 Å². The molecule has 2 heteroatoms. The maximum absolute atomic E-state index is 5.52. The minimum absolute atomic E-state index is 0.628. The highest BCUT2D eigenvalue weighted by Gasteiger charge is 1.90. The number of halogens is 1. The van der Waals surface area contributed by atoms with Gasteiger partial charge in [-0.1, -0.05) is 6.07 Å². The molecule has 0 bridgehead atoms. The SMILES string of the molecule is [CH2]c1ccc(CCCl)nc1. The van der Waals surface area contributed by atoms with E-state index in [4.69, 9.17) is 11.6 Å². The van der Waals surface area contributed by atoms with Crippen molar-refractivity contribution in [3.63, 3.8) is 0 Å². The van der Waals surface area contributed by atoms with Gasteiger partial charge in [-0.05, 0) is 18.6 Å². The van der Waals surface area contributed by atoms with Gasteiger partial charge in [0.05, 0.1) is 0 Å². The normalized spacial score (nSPS) is 9.80. The summed E-state index contributed by atoms with van der Waals surface area (Å²) >= 11 is 5.52. The molecule has 10 heavy (non-hydrogen) atoms. The number of alkyl halides is 1. The Hall–Kier alpha value is -0.560. The highest BCUT2D eigenvalue weighted by Crippen LogP contribution is 1.99. The number of aryl methyl sites for hydroxylation is 1. The number of hydrogen-bond acceptors (Lipinski definition) is 1. The fraction of sp³-hybridized carbons (Fsp3) is 0.250. The van der Waals surface area contributed by atoms with Gasteiger partial charge in [0.2, 0.25) is 0 Å². The maximum atomic E-state index is 5.52. The van der Waals surface area contributed by atoms with Crippen LogP contribution in [-0.2, 0) is 6.42 Å². The Balaban J connectivity index is 2.69. The molecule has 0 amide bonds. The van der Waals surface area contributed by atoms with Crippen molar-refractivity contribution < 1.29 is 0 Å². The second-order valence-corrected chi connectivity index (χ2v) is 2.47. The van der Waals surface area contributed by atoms with E-state index in [1.165, 1.54) is 0 Å². The summed E-state index contributed by atoms with van der Waals surface area (Å²) in [5.74, 6) is 0.628. The van der Waals surface area contributed by atoms with Crippen molar-refractivity contribution in [3.8, 4) is 0 Å². The first-order valence-electron chi connectivity index (χ1n) is 3.16. The van der Waals surface area contributed by atoms with Crippen LogP contribution in [0.5, 0.6) is 0 Å². The van der Waals surface area contributed by atoms with Crippen molar-refractivity contribution in [2.24, 2.45) is 0 Å². The third-order valence-corrected chi connectivity index (χ3v) is 1.43. The highest BCUT2D eigenvalue weighted by molar-refractivity contribution is 6.17. The molecule has 0 aliphatic carbocycles. The van der Waals surface area contributed by atoms with Crippen molar-refractivity contribution in [1.29, 1.82) is 0 Å². The molecule has 0 spiro atoms. The fourth-order valence-electron chi connectivity index (χ4n) is 0.700. The average Bonchev–Trinajstić information content (AvgIpc) is 1.95.